The molecule has 0 N–H and O–H groups in total. The van der Waals surface area contributed by atoms with Crippen molar-refractivity contribution < 1.29 is 0 Å². The van der Waals surface area contributed by atoms with E-state index in [0.717, 1.165) is 23.7 Å². The van der Waals surface area contributed by atoms with Gasteiger partial charge in [-0.25, -0.2) is 0 Å². The fourth-order valence-electron chi connectivity index (χ4n) is 5.56. The Morgan fingerprint density at radius 1 is 0.609 bits per heavy atom. The van der Waals surface area contributed by atoms with Gasteiger partial charge in [-0.15, -0.1) is 0 Å². The molecule has 116 valence electrons. The predicted molar refractivity (Wildman–Crippen MR) is 96.9 cm³/mol. The van der Waals surface area contributed by atoms with E-state index in [1.807, 2.05) is 0 Å². The second-order valence-corrected chi connectivity index (χ2v) is 7.94. The molecular weight excluding hydrogens is 276 g/mol. The number of benzene rings is 2. The van der Waals surface area contributed by atoms with Crippen molar-refractivity contribution in [2.24, 2.45) is 23.7 Å². The van der Waals surface area contributed by atoms with E-state index in [4.69, 9.17) is 0 Å². The lowest BCUT2D eigenvalue weighted by Gasteiger charge is -2.51. The molecule has 4 bridgehead atoms. The van der Waals surface area contributed by atoms with E-state index in [1.54, 1.807) is 5.57 Å². The minimum Gasteiger partial charge on any atom is -0.0634 e. The van der Waals surface area contributed by atoms with E-state index < -0.39 is 0 Å². The summed E-state index contributed by atoms with van der Waals surface area (Å²) in [5.74, 6) is 3.91. The van der Waals surface area contributed by atoms with E-state index in [9.17, 15) is 0 Å². The zero-order valence-corrected chi connectivity index (χ0v) is 13.6. The van der Waals surface area contributed by atoms with Crippen LogP contribution in [0, 0.1) is 23.7 Å². The molecule has 0 radical (unpaired) electrons. The lowest BCUT2D eigenvalue weighted by Crippen LogP contribution is -2.40. The van der Waals surface area contributed by atoms with Crippen LogP contribution in [0.25, 0.3) is 17.2 Å². The highest BCUT2D eigenvalue weighted by Crippen LogP contribution is 2.56. The Labute approximate surface area is 139 Å². The summed E-state index contributed by atoms with van der Waals surface area (Å²) in [4.78, 5) is 0. The molecule has 4 saturated carbocycles. The predicted octanol–water partition coefficient (Wildman–Crippen LogP) is 6.19. The minimum absolute atomic E-state index is 0.903. The van der Waals surface area contributed by atoms with Crippen molar-refractivity contribution in [2.75, 3.05) is 0 Å². The zero-order valence-electron chi connectivity index (χ0n) is 13.6. The SMILES string of the molecule is C(=C1C2CC3CC(C2)CC1C3)c1ccc(-c2ccccc2)cc1. The van der Waals surface area contributed by atoms with Gasteiger partial charge in [0.15, 0.2) is 0 Å². The number of hydrogen-bond donors (Lipinski definition) is 0. The molecule has 6 rings (SSSR count). The van der Waals surface area contributed by atoms with Gasteiger partial charge < -0.3 is 0 Å². The Kier molecular flexibility index (Phi) is 3.18. The van der Waals surface area contributed by atoms with Gasteiger partial charge in [-0.05, 0) is 72.5 Å². The van der Waals surface area contributed by atoms with Crippen LogP contribution in [-0.4, -0.2) is 0 Å². The molecule has 0 spiro atoms. The fourth-order valence-corrected chi connectivity index (χ4v) is 5.56. The number of hydrogen-bond acceptors (Lipinski definition) is 0. The van der Waals surface area contributed by atoms with E-state index in [2.05, 4.69) is 60.7 Å². The highest BCUT2D eigenvalue weighted by molar-refractivity contribution is 5.66. The lowest BCUT2D eigenvalue weighted by molar-refractivity contribution is 0.0710. The third kappa shape index (κ3) is 2.45. The molecule has 4 fully saturated rings. The highest BCUT2D eigenvalue weighted by Gasteiger charge is 2.44. The number of rotatable bonds is 2. The Morgan fingerprint density at radius 3 is 1.78 bits per heavy atom. The summed E-state index contributed by atoms with van der Waals surface area (Å²) in [5.41, 5.74) is 5.80. The van der Waals surface area contributed by atoms with Gasteiger partial charge in [0.25, 0.3) is 0 Å². The normalized spacial score (nSPS) is 31.4. The van der Waals surface area contributed by atoms with Crippen LogP contribution in [-0.2, 0) is 0 Å². The van der Waals surface area contributed by atoms with Crippen molar-refractivity contribution in [3.05, 3.63) is 65.7 Å². The summed E-state index contributed by atoms with van der Waals surface area (Å²) < 4.78 is 0. The van der Waals surface area contributed by atoms with Crippen LogP contribution in [0.2, 0.25) is 0 Å². The van der Waals surface area contributed by atoms with Crippen molar-refractivity contribution in [1.82, 2.24) is 0 Å². The van der Waals surface area contributed by atoms with E-state index in [0.29, 0.717) is 0 Å². The Balaban J connectivity index is 1.42. The zero-order chi connectivity index (χ0) is 15.2. The maximum Gasteiger partial charge on any atom is -0.0184 e. The largest absolute Gasteiger partial charge is 0.0634 e. The Bertz CT molecular complexity index is 690. The van der Waals surface area contributed by atoms with Gasteiger partial charge in [0.1, 0.15) is 0 Å². The first-order valence-corrected chi connectivity index (χ1v) is 9.22. The third-order valence-corrected chi connectivity index (χ3v) is 6.43. The summed E-state index contributed by atoms with van der Waals surface area (Å²) in [5, 5.41) is 0. The molecule has 4 aliphatic rings. The van der Waals surface area contributed by atoms with Gasteiger partial charge in [-0.3, -0.25) is 0 Å². The van der Waals surface area contributed by atoms with E-state index in [1.165, 1.54) is 48.8 Å². The lowest BCUT2D eigenvalue weighted by atomic mass is 9.54. The van der Waals surface area contributed by atoms with Gasteiger partial charge >= 0.3 is 0 Å². The van der Waals surface area contributed by atoms with Crippen LogP contribution >= 0.6 is 0 Å². The molecule has 0 aromatic heterocycles. The molecule has 0 atom stereocenters. The molecule has 2 aromatic rings. The van der Waals surface area contributed by atoms with Gasteiger partial charge in [0.2, 0.25) is 0 Å². The molecular formula is C23H24. The second kappa shape index (κ2) is 5.37. The highest BCUT2D eigenvalue weighted by atomic mass is 14.5. The smallest absolute Gasteiger partial charge is 0.0184 e. The maximum absolute atomic E-state index is 2.53. The standard InChI is InChI=1S/C23H24/c1-2-4-19(5-3-1)20-8-6-16(7-9-20)15-23-21-11-17-10-18(13-21)14-22(23)12-17/h1-9,15,17-18,21-22H,10-14H2. The molecule has 0 heterocycles. The van der Waals surface area contributed by atoms with E-state index in [-0.39, 0.29) is 0 Å². The molecule has 23 heavy (non-hydrogen) atoms. The van der Waals surface area contributed by atoms with Gasteiger partial charge in [-0.2, -0.15) is 0 Å². The van der Waals surface area contributed by atoms with Crippen LogP contribution < -0.4 is 0 Å². The molecule has 0 aliphatic heterocycles. The average molecular weight is 300 g/mol. The summed E-state index contributed by atoms with van der Waals surface area (Å²) in [6, 6.07) is 19.8. The molecule has 0 heteroatoms. The van der Waals surface area contributed by atoms with Gasteiger partial charge in [0, 0.05) is 0 Å². The third-order valence-electron chi connectivity index (χ3n) is 6.43. The molecule has 0 saturated heterocycles. The summed E-state index contributed by atoms with van der Waals surface area (Å²) in [6.07, 6.45) is 9.96. The number of allylic oxidation sites excluding steroid dienone is 1. The molecule has 0 nitrogen and oxygen atoms in total. The fraction of sp³-hybridized carbons (Fsp3) is 0.391. The van der Waals surface area contributed by atoms with Crippen molar-refractivity contribution in [1.29, 1.82) is 0 Å². The van der Waals surface area contributed by atoms with Crippen molar-refractivity contribution >= 4 is 6.08 Å². The molecule has 0 unspecified atom stereocenters. The first kappa shape index (κ1) is 13.6. The quantitative estimate of drug-likeness (QED) is 0.620. The summed E-state index contributed by atoms with van der Waals surface area (Å²) in [6.45, 7) is 0. The molecule has 0 amide bonds. The topological polar surface area (TPSA) is 0 Å². The van der Waals surface area contributed by atoms with Crippen molar-refractivity contribution in [2.45, 2.75) is 32.1 Å². The molecule has 4 aliphatic carbocycles. The maximum atomic E-state index is 2.53. The monoisotopic (exact) mass is 300 g/mol. The average Bonchev–Trinajstić information content (AvgIpc) is 2.59. The van der Waals surface area contributed by atoms with Crippen LogP contribution in [0.5, 0.6) is 0 Å². The van der Waals surface area contributed by atoms with E-state index >= 15 is 0 Å². The Hall–Kier alpha value is -1.82. The van der Waals surface area contributed by atoms with Crippen molar-refractivity contribution in [3.63, 3.8) is 0 Å². The second-order valence-electron chi connectivity index (χ2n) is 7.94. The minimum atomic E-state index is 0.903. The molecule has 2 aromatic carbocycles. The Morgan fingerprint density at radius 2 is 1.17 bits per heavy atom. The van der Waals surface area contributed by atoms with Crippen LogP contribution in [0.3, 0.4) is 0 Å². The van der Waals surface area contributed by atoms with Gasteiger partial charge in [0.05, 0.1) is 0 Å². The van der Waals surface area contributed by atoms with Crippen LogP contribution in [0.15, 0.2) is 60.2 Å². The van der Waals surface area contributed by atoms with Crippen LogP contribution in [0.1, 0.15) is 37.7 Å². The van der Waals surface area contributed by atoms with Crippen LogP contribution in [0.4, 0.5) is 0 Å². The summed E-state index contributed by atoms with van der Waals surface area (Å²) in [7, 11) is 0. The van der Waals surface area contributed by atoms with Crippen molar-refractivity contribution in [3.8, 4) is 11.1 Å². The first-order valence-electron chi connectivity index (χ1n) is 9.22. The first-order chi connectivity index (χ1) is 11.3. The van der Waals surface area contributed by atoms with Gasteiger partial charge in [-0.1, -0.05) is 66.2 Å². The summed E-state index contributed by atoms with van der Waals surface area (Å²) >= 11 is 0.